The van der Waals surface area contributed by atoms with E-state index in [2.05, 4.69) is 4.98 Å². The van der Waals surface area contributed by atoms with Crippen LogP contribution in [0.1, 0.15) is 22.9 Å². The molecule has 0 radical (unpaired) electrons. The molecule has 3 N–H and O–H groups in total. The zero-order valence-corrected chi connectivity index (χ0v) is 15.0. The molecular weight excluding hydrogens is 342 g/mol. The summed E-state index contributed by atoms with van der Waals surface area (Å²) in [5.41, 5.74) is 9.55. The largest absolute Gasteiger partial charge is 0.467 e. The van der Waals surface area contributed by atoms with Crippen molar-refractivity contribution < 1.29 is 14.3 Å². The molecule has 1 aromatic heterocycles. The highest BCUT2D eigenvalue weighted by Crippen LogP contribution is 2.41. The molecule has 27 heavy (non-hydrogen) atoms. The number of fused-ring (bicyclic) bond motifs is 3. The topological polar surface area (TPSA) is 88.4 Å². The molecule has 3 aromatic rings. The van der Waals surface area contributed by atoms with Gasteiger partial charge in [-0.15, -0.1) is 0 Å². The Labute approximate surface area is 156 Å². The number of benzene rings is 2. The first-order valence-corrected chi connectivity index (χ1v) is 8.89. The Morgan fingerprint density at radius 3 is 2.56 bits per heavy atom. The number of ether oxygens (including phenoxy) is 1. The third-order valence-electron chi connectivity index (χ3n) is 5.18. The van der Waals surface area contributed by atoms with Crippen molar-refractivity contribution >= 4 is 22.8 Å². The second kappa shape index (κ2) is 6.89. The fraction of sp³-hybridized carbons (Fsp3) is 0.238. The lowest BCUT2D eigenvalue weighted by Crippen LogP contribution is -2.53. The van der Waals surface area contributed by atoms with Gasteiger partial charge in [-0.25, -0.2) is 4.79 Å². The van der Waals surface area contributed by atoms with Gasteiger partial charge in [0, 0.05) is 23.0 Å². The highest BCUT2D eigenvalue weighted by atomic mass is 16.5. The Morgan fingerprint density at radius 1 is 1.15 bits per heavy atom. The van der Waals surface area contributed by atoms with Crippen LogP contribution in [0.3, 0.4) is 0 Å². The number of carbonyl (C=O) groups excluding carboxylic acids is 2. The summed E-state index contributed by atoms with van der Waals surface area (Å²) in [6, 6.07) is 16.5. The summed E-state index contributed by atoms with van der Waals surface area (Å²) in [6.07, 6.45) is 0.390. The monoisotopic (exact) mass is 363 g/mol. The Kier molecular flexibility index (Phi) is 4.41. The number of methoxy groups -OCH3 is 1. The van der Waals surface area contributed by atoms with Crippen LogP contribution in [-0.2, 0) is 20.7 Å². The van der Waals surface area contributed by atoms with Crippen molar-refractivity contribution in [2.75, 3.05) is 13.7 Å². The molecule has 2 aromatic carbocycles. The SMILES string of the molecule is COC(=O)C1Cc2c([nH]c3ccccc23)C(c2ccccc2)N1C(=O)CN. The van der Waals surface area contributed by atoms with Crippen molar-refractivity contribution in [3.05, 3.63) is 71.4 Å². The predicted molar refractivity (Wildman–Crippen MR) is 102 cm³/mol. The summed E-state index contributed by atoms with van der Waals surface area (Å²) in [5.74, 6) is -0.725. The first-order valence-electron chi connectivity index (χ1n) is 8.89. The van der Waals surface area contributed by atoms with Gasteiger partial charge < -0.3 is 20.4 Å². The summed E-state index contributed by atoms with van der Waals surface area (Å²) in [4.78, 5) is 30.4. The molecule has 138 valence electrons. The number of carbonyl (C=O) groups is 2. The summed E-state index contributed by atoms with van der Waals surface area (Å²) >= 11 is 0. The van der Waals surface area contributed by atoms with E-state index in [0.717, 1.165) is 27.7 Å². The van der Waals surface area contributed by atoms with Crippen LogP contribution in [0, 0.1) is 0 Å². The molecule has 0 aliphatic carbocycles. The van der Waals surface area contributed by atoms with E-state index in [9.17, 15) is 9.59 Å². The number of aromatic nitrogens is 1. The van der Waals surface area contributed by atoms with Gasteiger partial charge in [0.25, 0.3) is 0 Å². The number of aromatic amines is 1. The van der Waals surface area contributed by atoms with Crippen molar-refractivity contribution in [1.29, 1.82) is 0 Å². The number of nitrogens with two attached hydrogens (primary N) is 1. The van der Waals surface area contributed by atoms with E-state index < -0.39 is 18.1 Å². The first kappa shape index (κ1) is 17.3. The van der Waals surface area contributed by atoms with E-state index >= 15 is 0 Å². The number of hydrogen-bond acceptors (Lipinski definition) is 4. The average Bonchev–Trinajstić information content (AvgIpc) is 3.10. The van der Waals surface area contributed by atoms with Crippen molar-refractivity contribution in [3.8, 4) is 0 Å². The maximum Gasteiger partial charge on any atom is 0.328 e. The van der Waals surface area contributed by atoms with Crippen LogP contribution in [0.15, 0.2) is 54.6 Å². The highest BCUT2D eigenvalue weighted by Gasteiger charge is 2.43. The number of hydrogen-bond donors (Lipinski definition) is 2. The van der Waals surface area contributed by atoms with Gasteiger partial charge in [-0.05, 0) is 17.2 Å². The zero-order valence-electron chi connectivity index (χ0n) is 15.0. The molecule has 2 heterocycles. The molecule has 1 amide bonds. The third kappa shape index (κ3) is 2.78. The third-order valence-corrected chi connectivity index (χ3v) is 5.18. The Bertz CT molecular complexity index is 996. The Balaban J connectivity index is 1.98. The molecule has 2 unspecified atom stereocenters. The Morgan fingerprint density at radius 2 is 1.85 bits per heavy atom. The van der Waals surface area contributed by atoms with Crippen LogP contribution >= 0.6 is 0 Å². The molecule has 1 aliphatic heterocycles. The maximum atomic E-state index is 12.8. The van der Waals surface area contributed by atoms with E-state index in [1.165, 1.54) is 7.11 Å². The fourth-order valence-electron chi connectivity index (χ4n) is 4.00. The minimum absolute atomic E-state index is 0.174. The minimum Gasteiger partial charge on any atom is -0.467 e. The van der Waals surface area contributed by atoms with E-state index in [-0.39, 0.29) is 12.5 Å². The molecule has 0 saturated heterocycles. The van der Waals surface area contributed by atoms with E-state index in [1.54, 1.807) is 4.90 Å². The fourth-order valence-corrected chi connectivity index (χ4v) is 4.00. The number of nitrogens with one attached hydrogen (secondary N) is 1. The summed E-state index contributed by atoms with van der Waals surface area (Å²) < 4.78 is 5.02. The standard InChI is InChI=1S/C21H21N3O3/c1-27-21(26)17-11-15-14-9-5-6-10-16(14)23-19(15)20(24(17)18(25)12-22)13-7-3-2-4-8-13/h2-10,17,20,23H,11-12,22H2,1H3. The van der Waals surface area contributed by atoms with Crippen LogP contribution in [0.4, 0.5) is 0 Å². The summed E-state index contributed by atoms with van der Waals surface area (Å²) in [7, 11) is 1.34. The van der Waals surface area contributed by atoms with Gasteiger partial charge in [0.05, 0.1) is 19.7 Å². The first-order chi connectivity index (χ1) is 13.2. The molecule has 4 rings (SSSR count). The van der Waals surface area contributed by atoms with E-state index in [0.29, 0.717) is 6.42 Å². The lowest BCUT2D eigenvalue weighted by Gasteiger charge is -2.40. The lowest BCUT2D eigenvalue weighted by atomic mass is 9.88. The Hall–Kier alpha value is -3.12. The van der Waals surface area contributed by atoms with Crippen LogP contribution in [0.2, 0.25) is 0 Å². The number of esters is 1. The maximum absolute atomic E-state index is 12.8. The van der Waals surface area contributed by atoms with Gasteiger partial charge in [-0.1, -0.05) is 48.5 Å². The second-order valence-corrected chi connectivity index (χ2v) is 6.62. The van der Waals surface area contributed by atoms with Crippen molar-refractivity contribution in [3.63, 3.8) is 0 Å². The van der Waals surface area contributed by atoms with Gasteiger partial charge in [-0.3, -0.25) is 4.79 Å². The van der Waals surface area contributed by atoms with Crippen LogP contribution in [-0.4, -0.2) is 41.5 Å². The van der Waals surface area contributed by atoms with Gasteiger partial charge >= 0.3 is 5.97 Å². The lowest BCUT2D eigenvalue weighted by molar-refractivity contribution is -0.154. The predicted octanol–water partition coefficient (Wildman–Crippen LogP) is 2.14. The molecule has 0 bridgehead atoms. The van der Waals surface area contributed by atoms with Gasteiger partial charge in [-0.2, -0.15) is 0 Å². The normalized spacial score (nSPS) is 19.0. The number of para-hydroxylation sites is 1. The molecule has 6 nitrogen and oxygen atoms in total. The summed E-state index contributed by atoms with van der Waals surface area (Å²) in [5, 5.41) is 1.06. The van der Waals surface area contributed by atoms with Crippen molar-refractivity contribution in [2.24, 2.45) is 5.73 Å². The van der Waals surface area contributed by atoms with Gasteiger partial charge in [0.1, 0.15) is 6.04 Å². The van der Waals surface area contributed by atoms with Crippen LogP contribution in [0.5, 0.6) is 0 Å². The molecule has 2 atom stereocenters. The number of amides is 1. The summed E-state index contributed by atoms with van der Waals surface area (Å²) in [6.45, 7) is -0.174. The number of rotatable bonds is 3. The van der Waals surface area contributed by atoms with Crippen LogP contribution in [0.25, 0.3) is 10.9 Å². The zero-order chi connectivity index (χ0) is 19.0. The second-order valence-electron chi connectivity index (χ2n) is 6.62. The average molecular weight is 363 g/mol. The van der Waals surface area contributed by atoms with Gasteiger partial charge in [0.2, 0.25) is 5.91 Å². The quantitative estimate of drug-likeness (QED) is 0.698. The molecule has 1 aliphatic rings. The molecule has 0 saturated carbocycles. The molecule has 0 spiro atoms. The van der Waals surface area contributed by atoms with E-state index in [1.807, 2.05) is 54.6 Å². The molecular formula is C21H21N3O3. The molecule has 6 heteroatoms. The smallest absolute Gasteiger partial charge is 0.328 e. The minimum atomic E-state index is -0.719. The van der Waals surface area contributed by atoms with Crippen LogP contribution < -0.4 is 5.73 Å². The number of H-pyrrole nitrogens is 1. The van der Waals surface area contributed by atoms with E-state index in [4.69, 9.17) is 10.5 Å². The van der Waals surface area contributed by atoms with Crippen molar-refractivity contribution in [1.82, 2.24) is 9.88 Å². The number of nitrogens with zero attached hydrogens (tertiary/aromatic N) is 1. The highest BCUT2D eigenvalue weighted by molar-refractivity contribution is 5.91. The van der Waals surface area contributed by atoms with Crippen molar-refractivity contribution in [2.45, 2.75) is 18.5 Å². The molecule has 0 fully saturated rings. The van der Waals surface area contributed by atoms with Gasteiger partial charge in [0.15, 0.2) is 0 Å².